The van der Waals surface area contributed by atoms with Crippen molar-refractivity contribution in [2.45, 2.75) is 54.4 Å². The second-order valence-electron chi connectivity index (χ2n) is 6.48. The molecule has 0 N–H and O–H groups in total. The first kappa shape index (κ1) is 16.9. The SMILES string of the molecule is CC(C)(C)C(=O)OCCCCOC(=O)C(C)(C)C. The Morgan fingerprint density at radius 2 is 1.00 bits per heavy atom. The topological polar surface area (TPSA) is 52.6 Å². The fraction of sp³-hybridized carbons (Fsp3) is 0.857. The van der Waals surface area contributed by atoms with Crippen LogP contribution in [0, 0.1) is 10.8 Å². The molecule has 0 spiro atoms. The Morgan fingerprint density at radius 3 is 1.22 bits per heavy atom. The van der Waals surface area contributed by atoms with Gasteiger partial charge < -0.3 is 9.47 Å². The molecule has 0 atom stereocenters. The van der Waals surface area contributed by atoms with Gasteiger partial charge in [0.2, 0.25) is 0 Å². The molecule has 0 aromatic rings. The monoisotopic (exact) mass is 258 g/mol. The van der Waals surface area contributed by atoms with E-state index in [-0.39, 0.29) is 11.9 Å². The van der Waals surface area contributed by atoms with Gasteiger partial charge in [0.1, 0.15) is 0 Å². The van der Waals surface area contributed by atoms with E-state index in [4.69, 9.17) is 9.47 Å². The Morgan fingerprint density at radius 1 is 0.722 bits per heavy atom. The fourth-order valence-electron chi connectivity index (χ4n) is 0.967. The lowest BCUT2D eigenvalue weighted by Crippen LogP contribution is -2.24. The molecule has 0 unspecified atom stereocenters. The average Bonchev–Trinajstić information content (AvgIpc) is 2.19. The van der Waals surface area contributed by atoms with Gasteiger partial charge in [-0.3, -0.25) is 9.59 Å². The highest BCUT2D eigenvalue weighted by molar-refractivity contribution is 5.75. The molecule has 0 aliphatic carbocycles. The molecule has 0 rings (SSSR count). The van der Waals surface area contributed by atoms with E-state index in [0.29, 0.717) is 26.1 Å². The Bertz CT molecular complexity index is 251. The first-order valence-corrected chi connectivity index (χ1v) is 6.39. The molecule has 4 nitrogen and oxygen atoms in total. The summed E-state index contributed by atoms with van der Waals surface area (Å²) in [6.07, 6.45) is 1.42. The zero-order valence-corrected chi connectivity index (χ0v) is 12.5. The number of rotatable bonds is 5. The van der Waals surface area contributed by atoms with Crippen LogP contribution in [0.15, 0.2) is 0 Å². The maximum absolute atomic E-state index is 11.4. The van der Waals surface area contributed by atoms with Gasteiger partial charge in [-0.05, 0) is 54.4 Å². The Labute approximate surface area is 110 Å². The van der Waals surface area contributed by atoms with Crippen molar-refractivity contribution >= 4 is 11.9 Å². The summed E-state index contributed by atoms with van der Waals surface area (Å²) in [5.74, 6) is -0.400. The highest BCUT2D eigenvalue weighted by atomic mass is 16.5. The van der Waals surface area contributed by atoms with Gasteiger partial charge >= 0.3 is 11.9 Å². The van der Waals surface area contributed by atoms with Crippen molar-refractivity contribution in [2.75, 3.05) is 13.2 Å². The number of carbonyl (C=O) groups excluding carboxylic acids is 2. The predicted molar refractivity (Wildman–Crippen MR) is 70.1 cm³/mol. The molecule has 4 heteroatoms. The van der Waals surface area contributed by atoms with Gasteiger partial charge in [-0.2, -0.15) is 0 Å². The van der Waals surface area contributed by atoms with Crippen LogP contribution in [0.3, 0.4) is 0 Å². The maximum Gasteiger partial charge on any atom is 0.311 e. The molecule has 0 radical (unpaired) electrons. The van der Waals surface area contributed by atoms with Crippen molar-refractivity contribution in [3.63, 3.8) is 0 Å². The van der Waals surface area contributed by atoms with Crippen LogP contribution in [0.5, 0.6) is 0 Å². The van der Waals surface area contributed by atoms with Gasteiger partial charge in [0.15, 0.2) is 0 Å². The first-order valence-electron chi connectivity index (χ1n) is 6.39. The minimum atomic E-state index is -0.460. The molecule has 0 aromatic carbocycles. The largest absolute Gasteiger partial charge is 0.465 e. The normalized spacial score (nSPS) is 12.1. The molecule has 0 bridgehead atoms. The number of carbonyl (C=O) groups is 2. The zero-order chi connectivity index (χ0) is 14.4. The zero-order valence-electron chi connectivity index (χ0n) is 12.5. The highest BCUT2D eigenvalue weighted by Gasteiger charge is 2.23. The van der Waals surface area contributed by atoms with Crippen LogP contribution in [0.25, 0.3) is 0 Å². The highest BCUT2D eigenvalue weighted by Crippen LogP contribution is 2.16. The molecule has 18 heavy (non-hydrogen) atoms. The maximum atomic E-state index is 11.4. The van der Waals surface area contributed by atoms with Gasteiger partial charge in [-0.25, -0.2) is 0 Å². The van der Waals surface area contributed by atoms with Gasteiger partial charge in [-0.15, -0.1) is 0 Å². The molecule has 0 saturated heterocycles. The smallest absolute Gasteiger partial charge is 0.311 e. The van der Waals surface area contributed by atoms with Crippen LogP contribution in [0.4, 0.5) is 0 Å². The van der Waals surface area contributed by atoms with E-state index in [9.17, 15) is 9.59 Å². The molecule has 0 saturated carbocycles. The molecule has 106 valence electrons. The number of hydrogen-bond acceptors (Lipinski definition) is 4. The fourth-order valence-corrected chi connectivity index (χ4v) is 0.967. The summed E-state index contributed by atoms with van der Waals surface area (Å²) in [5, 5.41) is 0. The van der Waals surface area contributed by atoms with Crippen molar-refractivity contribution in [2.24, 2.45) is 10.8 Å². The van der Waals surface area contributed by atoms with Crippen molar-refractivity contribution in [3.8, 4) is 0 Å². The molecule has 0 fully saturated rings. The minimum absolute atomic E-state index is 0.200. The van der Waals surface area contributed by atoms with Gasteiger partial charge in [-0.1, -0.05) is 0 Å². The minimum Gasteiger partial charge on any atom is -0.465 e. The summed E-state index contributed by atoms with van der Waals surface area (Å²) in [5.41, 5.74) is -0.919. The summed E-state index contributed by atoms with van der Waals surface area (Å²) < 4.78 is 10.2. The molecule has 0 aliphatic heterocycles. The van der Waals surface area contributed by atoms with Crippen LogP contribution < -0.4 is 0 Å². The standard InChI is InChI=1S/C14H26O4/c1-13(2,3)11(15)17-9-7-8-10-18-12(16)14(4,5)6/h7-10H2,1-6H3. The number of esters is 2. The third kappa shape index (κ3) is 7.30. The van der Waals surface area contributed by atoms with Gasteiger partial charge in [0.05, 0.1) is 24.0 Å². The number of hydrogen-bond donors (Lipinski definition) is 0. The van der Waals surface area contributed by atoms with E-state index in [2.05, 4.69) is 0 Å². The molecule has 0 aliphatic rings. The average molecular weight is 258 g/mol. The van der Waals surface area contributed by atoms with E-state index in [1.807, 2.05) is 41.5 Å². The number of ether oxygens (including phenoxy) is 2. The van der Waals surface area contributed by atoms with Crippen LogP contribution >= 0.6 is 0 Å². The lowest BCUT2D eigenvalue weighted by Gasteiger charge is -2.17. The predicted octanol–water partition coefficient (Wildman–Crippen LogP) is 2.95. The van der Waals surface area contributed by atoms with Crippen molar-refractivity contribution in [1.29, 1.82) is 0 Å². The van der Waals surface area contributed by atoms with Crippen LogP contribution in [0.1, 0.15) is 54.4 Å². The van der Waals surface area contributed by atoms with Crippen LogP contribution in [-0.2, 0) is 19.1 Å². The molecule has 0 amide bonds. The molecular weight excluding hydrogens is 232 g/mol. The van der Waals surface area contributed by atoms with Crippen molar-refractivity contribution in [1.82, 2.24) is 0 Å². The van der Waals surface area contributed by atoms with Crippen molar-refractivity contribution in [3.05, 3.63) is 0 Å². The van der Waals surface area contributed by atoms with E-state index in [1.165, 1.54) is 0 Å². The Balaban J connectivity index is 3.60. The second kappa shape index (κ2) is 6.76. The summed E-state index contributed by atoms with van der Waals surface area (Å²) in [6.45, 7) is 11.7. The van der Waals surface area contributed by atoms with E-state index >= 15 is 0 Å². The lowest BCUT2D eigenvalue weighted by atomic mass is 9.97. The quantitative estimate of drug-likeness (QED) is 0.562. The lowest BCUT2D eigenvalue weighted by molar-refractivity contribution is -0.155. The van der Waals surface area contributed by atoms with Crippen molar-refractivity contribution < 1.29 is 19.1 Å². The summed E-state index contributed by atoms with van der Waals surface area (Å²) in [4.78, 5) is 22.9. The van der Waals surface area contributed by atoms with Crippen LogP contribution in [0.2, 0.25) is 0 Å². The van der Waals surface area contributed by atoms with Gasteiger partial charge in [0, 0.05) is 0 Å². The molecule has 0 aromatic heterocycles. The van der Waals surface area contributed by atoms with Crippen LogP contribution in [-0.4, -0.2) is 25.2 Å². The third-order valence-electron chi connectivity index (χ3n) is 2.23. The summed E-state index contributed by atoms with van der Waals surface area (Å²) in [6, 6.07) is 0. The third-order valence-corrected chi connectivity index (χ3v) is 2.23. The Hall–Kier alpha value is -1.06. The molecule has 0 heterocycles. The second-order valence-corrected chi connectivity index (χ2v) is 6.48. The van der Waals surface area contributed by atoms with E-state index < -0.39 is 10.8 Å². The first-order chi connectivity index (χ1) is 8.05. The summed E-state index contributed by atoms with van der Waals surface area (Å²) in [7, 11) is 0. The number of unbranched alkanes of at least 4 members (excludes halogenated alkanes) is 1. The van der Waals surface area contributed by atoms with E-state index in [0.717, 1.165) is 0 Å². The molecular formula is C14H26O4. The summed E-state index contributed by atoms with van der Waals surface area (Å²) >= 11 is 0. The van der Waals surface area contributed by atoms with E-state index in [1.54, 1.807) is 0 Å². The Kier molecular flexibility index (Phi) is 6.36. The van der Waals surface area contributed by atoms with Gasteiger partial charge in [0.25, 0.3) is 0 Å².